The Bertz CT molecular complexity index is 821. The van der Waals surface area contributed by atoms with Crippen molar-refractivity contribution in [1.29, 1.82) is 0 Å². The first-order chi connectivity index (χ1) is 11.9. The monoisotopic (exact) mass is 401 g/mol. The van der Waals surface area contributed by atoms with Gasteiger partial charge in [0.1, 0.15) is 4.21 Å². The average Bonchev–Trinajstić information content (AvgIpc) is 3.04. The van der Waals surface area contributed by atoms with Crippen LogP contribution in [-0.2, 0) is 19.4 Å². The Hall–Kier alpha value is -1.94. The summed E-state index contributed by atoms with van der Waals surface area (Å²) in [6.45, 7) is 4.70. The molecule has 0 aliphatic carbocycles. The fourth-order valence-corrected chi connectivity index (χ4v) is 4.42. The number of carbonyl (C=O) groups is 3. The highest BCUT2D eigenvalue weighted by Crippen LogP contribution is 2.24. The second kappa shape index (κ2) is 7.36. The lowest BCUT2D eigenvalue weighted by atomic mass is 9.88. The van der Waals surface area contributed by atoms with E-state index in [1.807, 2.05) is 0 Å². The molecule has 3 amide bonds. The van der Waals surface area contributed by atoms with Crippen LogP contribution in [0.2, 0.25) is 0 Å². The van der Waals surface area contributed by atoms with Crippen molar-refractivity contribution in [2.24, 2.45) is 11.1 Å². The molecule has 0 unspecified atom stereocenters. The third kappa shape index (κ3) is 4.61. The van der Waals surface area contributed by atoms with Crippen molar-refractivity contribution < 1.29 is 22.8 Å². The van der Waals surface area contributed by atoms with E-state index >= 15 is 0 Å². The molecular weight excluding hydrogens is 378 g/mol. The molecule has 26 heavy (non-hydrogen) atoms. The summed E-state index contributed by atoms with van der Waals surface area (Å²) in [5.41, 5.74) is 4.39. The van der Waals surface area contributed by atoms with Crippen LogP contribution in [0.1, 0.15) is 29.9 Å². The van der Waals surface area contributed by atoms with E-state index in [2.05, 4.69) is 0 Å². The van der Waals surface area contributed by atoms with Gasteiger partial charge >= 0.3 is 0 Å². The number of hydrogen-bond acceptors (Lipinski definition) is 6. The minimum atomic E-state index is -3.33. The minimum Gasteiger partial charge on any atom is -0.369 e. The topological polar surface area (TPSA) is 118 Å². The Balaban J connectivity index is 1.95. The molecule has 0 bridgehead atoms. The third-order valence-electron chi connectivity index (χ3n) is 4.34. The maximum absolute atomic E-state index is 12.5. The molecule has 1 aromatic rings. The smallest absolute Gasteiger partial charge is 0.264 e. The number of amides is 3. The zero-order valence-electron chi connectivity index (χ0n) is 15.0. The molecule has 1 fully saturated rings. The van der Waals surface area contributed by atoms with E-state index < -0.39 is 21.2 Å². The fraction of sp³-hybridized carbons (Fsp3) is 0.562. The number of nitrogens with zero attached hydrogens (tertiary/aromatic N) is 2. The normalized spacial score (nSPS) is 15.8. The molecule has 1 aromatic heterocycles. The Morgan fingerprint density at radius 2 is 1.65 bits per heavy atom. The van der Waals surface area contributed by atoms with Crippen molar-refractivity contribution in [3.8, 4) is 0 Å². The highest BCUT2D eigenvalue weighted by molar-refractivity contribution is 7.92. The summed E-state index contributed by atoms with van der Waals surface area (Å²) in [4.78, 5) is 39.8. The van der Waals surface area contributed by atoms with Crippen LogP contribution in [0.15, 0.2) is 16.3 Å². The van der Waals surface area contributed by atoms with Crippen LogP contribution in [0, 0.1) is 5.41 Å². The van der Waals surface area contributed by atoms with Crippen molar-refractivity contribution in [3.63, 3.8) is 0 Å². The quantitative estimate of drug-likeness (QED) is 0.763. The zero-order chi connectivity index (χ0) is 19.7. The molecule has 0 spiro atoms. The number of nitrogens with two attached hydrogens (primary N) is 1. The van der Waals surface area contributed by atoms with Crippen LogP contribution in [0.25, 0.3) is 0 Å². The first-order valence-electron chi connectivity index (χ1n) is 8.08. The van der Waals surface area contributed by atoms with E-state index in [9.17, 15) is 22.8 Å². The van der Waals surface area contributed by atoms with Crippen LogP contribution >= 0.6 is 11.3 Å². The molecule has 144 valence electrons. The van der Waals surface area contributed by atoms with E-state index in [0.29, 0.717) is 31.1 Å². The number of rotatable bonds is 5. The molecule has 1 aliphatic heterocycles. The van der Waals surface area contributed by atoms with Gasteiger partial charge in [0, 0.05) is 38.9 Å². The lowest BCUT2D eigenvalue weighted by Gasteiger charge is -2.35. The van der Waals surface area contributed by atoms with Gasteiger partial charge in [0.05, 0.1) is 10.3 Å². The molecule has 1 aliphatic rings. The zero-order valence-corrected chi connectivity index (χ0v) is 16.7. The van der Waals surface area contributed by atoms with Gasteiger partial charge in [-0.3, -0.25) is 14.4 Å². The highest BCUT2D eigenvalue weighted by Gasteiger charge is 2.32. The minimum absolute atomic E-state index is 0.0267. The predicted molar refractivity (Wildman–Crippen MR) is 97.5 cm³/mol. The van der Waals surface area contributed by atoms with Crippen molar-refractivity contribution in [2.75, 3.05) is 32.4 Å². The van der Waals surface area contributed by atoms with Crippen molar-refractivity contribution in [3.05, 3.63) is 17.0 Å². The van der Waals surface area contributed by atoms with Gasteiger partial charge in [-0.15, -0.1) is 11.3 Å². The molecule has 0 radical (unpaired) electrons. The van der Waals surface area contributed by atoms with Gasteiger partial charge in [0.15, 0.2) is 9.84 Å². The number of hydrogen-bond donors (Lipinski definition) is 1. The summed E-state index contributed by atoms with van der Waals surface area (Å²) in [6.07, 6.45) is 1.13. The lowest BCUT2D eigenvalue weighted by molar-refractivity contribution is -0.139. The van der Waals surface area contributed by atoms with Gasteiger partial charge in [-0.1, -0.05) is 13.8 Å². The number of thiophene rings is 1. The Labute approximate surface area is 156 Å². The largest absolute Gasteiger partial charge is 0.369 e. The maximum atomic E-state index is 12.5. The van der Waals surface area contributed by atoms with Gasteiger partial charge in [0.25, 0.3) is 5.91 Å². The number of piperazine rings is 1. The summed E-state index contributed by atoms with van der Waals surface area (Å²) in [7, 11) is -3.33. The van der Waals surface area contributed by atoms with Crippen LogP contribution in [0.3, 0.4) is 0 Å². The van der Waals surface area contributed by atoms with E-state index in [4.69, 9.17) is 5.73 Å². The van der Waals surface area contributed by atoms with Gasteiger partial charge in [0.2, 0.25) is 11.8 Å². The molecule has 10 heteroatoms. The number of carbonyl (C=O) groups excluding carboxylic acids is 3. The summed E-state index contributed by atoms with van der Waals surface area (Å²) >= 11 is 0.949. The summed E-state index contributed by atoms with van der Waals surface area (Å²) in [6, 6.07) is 2.94. The Kier molecular flexibility index (Phi) is 5.76. The summed E-state index contributed by atoms with van der Waals surface area (Å²) < 4.78 is 23.2. The lowest BCUT2D eigenvalue weighted by Crippen LogP contribution is -2.51. The van der Waals surface area contributed by atoms with E-state index in [-0.39, 0.29) is 22.4 Å². The van der Waals surface area contributed by atoms with E-state index in [0.717, 1.165) is 17.6 Å². The molecule has 2 N–H and O–H groups in total. The van der Waals surface area contributed by atoms with Crippen molar-refractivity contribution in [2.45, 2.75) is 24.5 Å². The molecule has 0 aromatic carbocycles. The molecule has 0 atom stereocenters. The molecular formula is C16H23N3O5S2. The SMILES string of the molecule is CC(C)(CC(=O)N1CCN(C(=O)c2ccc(S(C)(=O)=O)s2)CC1)C(N)=O. The molecule has 0 saturated carbocycles. The van der Waals surface area contributed by atoms with E-state index in [1.54, 1.807) is 23.6 Å². The Morgan fingerprint density at radius 1 is 1.12 bits per heavy atom. The van der Waals surface area contributed by atoms with Crippen molar-refractivity contribution >= 4 is 38.9 Å². The van der Waals surface area contributed by atoms with Crippen LogP contribution in [0.4, 0.5) is 0 Å². The van der Waals surface area contributed by atoms with Gasteiger partial charge in [-0.25, -0.2) is 8.42 Å². The molecule has 1 saturated heterocycles. The third-order valence-corrected chi connectivity index (χ3v) is 7.23. The summed E-state index contributed by atoms with van der Waals surface area (Å²) in [5, 5.41) is 0. The fourth-order valence-electron chi connectivity index (χ4n) is 2.53. The molecule has 8 nitrogen and oxygen atoms in total. The molecule has 2 heterocycles. The van der Waals surface area contributed by atoms with Crippen LogP contribution < -0.4 is 5.73 Å². The van der Waals surface area contributed by atoms with E-state index in [1.165, 1.54) is 12.1 Å². The first-order valence-corrected chi connectivity index (χ1v) is 10.8. The highest BCUT2D eigenvalue weighted by atomic mass is 32.2. The predicted octanol–water partition coefficient (Wildman–Crippen LogP) is 0.338. The first kappa shape index (κ1) is 20.4. The maximum Gasteiger partial charge on any atom is 0.264 e. The second-order valence-corrected chi connectivity index (χ2v) is 10.3. The number of sulfone groups is 1. The van der Waals surface area contributed by atoms with Crippen molar-refractivity contribution in [1.82, 2.24) is 9.80 Å². The second-order valence-electron chi connectivity index (χ2n) is 6.99. The molecule has 2 rings (SSSR count). The number of primary amides is 1. The van der Waals surface area contributed by atoms with Gasteiger partial charge < -0.3 is 15.5 Å². The van der Waals surface area contributed by atoms with Gasteiger partial charge in [-0.05, 0) is 12.1 Å². The average molecular weight is 402 g/mol. The van der Waals surface area contributed by atoms with Crippen LogP contribution in [0.5, 0.6) is 0 Å². The van der Waals surface area contributed by atoms with Crippen LogP contribution in [-0.4, -0.2) is 68.4 Å². The Morgan fingerprint density at radius 3 is 2.12 bits per heavy atom. The standard InChI is InChI=1S/C16H23N3O5S2/c1-16(2,15(17)22)10-12(20)18-6-8-19(9-7-18)14(21)11-4-5-13(25-11)26(3,23)24/h4-5H,6-10H2,1-3H3,(H2,17,22). The van der Waals surface area contributed by atoms with Gasteiger partial charge in [-0.2, -0.15) is 0 Å². The summed E-state index contributed by atoms with van der Waals surface area (Å²) in [5.74, 6) is -0.940.